The number of rotatable bonds is 5. The molecule has 1 aliphatic heterocycles. The van der Waals surface area contributed by atoms with E-state index in [1.165, 1.54) is 5.01 Å². The first-order chi connectivity index (χ1) is 14.9. The van der Waals surface area contributed by atoms with E-state index in [0.29, 0.717) is 28.3 Å². The van der Waals surface area contributed by atoms with Crippen LogP contribution in [-0.2, 0) is 9.53 Å². The van der Waals surface area contributed by atoms with Gasteiger partial charge in [-0.15, -0.1) is 0 Å². The Hall–Kier alpha value is -3.93. The van der Waals surface area contributed by atoms with Crippen LogP contribution in [-0.4, -0.2) is 23.7 Å². The summed E-state index contributed by atoms with van der Waals surface area (Å²) in [7, 11) is 0. The molecule has 1 aromatic heterocycles. The highest BCUT2D eigenvalue weighted by Gasteiger charge is 2.29. The number of nitrogens with zero attached hydrogens (tertiary/aromatic N) is 2. The average Bonchev–Trinajstić information content (AvgIpc) is 3.34. The second-order valence-electron chi connectivity index (χ2n) is 7.43. The summed E-state index contributed by atoms with van der Waals surface area (Å²) in [5, 5.41) is 5.70. The van der Waals surface area contributed by atoms with Crippen LogP contribution in [0.4, 0.5) is 5.69 Å². The van der Waals surface area contributed by atoms with Gasteiger partial charge in [0.15, 0.2) is 0 Å². The maximum absolute atomic E-state index is 13.0. The van der Waals surface area contributed by atoms with Crippen molar-refractivity contribution in [1.82, 2.24) is 0 Å². The van der Waals surface area contributed by atoms with Gasteiger partial charge in [-0.05, 0) is 63.2 Å². The summed E-state index contributed by atoms with van der Waals surface area (Å²) in [4.78, 5) is 25.0. The third kappa shape index (κ3) is 4.33. The van der Waals surface area contributed by atoms with Gasteiger partial charge in [-0.3, -0.25) is 4.79 Å². The molecule has 6 heteroatoms. The number of furan rings is 1. The quantitative estimate of drug-likeness (QED) is 0.419. The molecule has 0 atom stereocenters. The van der Waals surface area contributed by atoms with Crippen molar-refractivity contribution in [3.05, 3.63) is 83.6 Å². The molecule has 6 nitrogen and oxygen atoms in total. The second kappa shape index (κ2) is 8.44. The Balaban J connectivity index is 1.53. The van der Waals surface area contributed by atoms with Crippen LogP contribution in [0.1, 0.15) is 36.9 Å². The van der Waals surface area contributed by atoms with E-state index in [1.807, 2.05) is 42.5 Å². The molecule has 2 heterocycles. The van der Waals surface area contributed by atoms with Crippen molar-refractivity contribution in [2.24, 2.45) is 5.10 Å². The lowest BCUT2D eigenvalue weighted by molar-refractivity contribution is -0.114. The molecular formula is C25H22N2O4. The van der Waals surface area contributed by atoms with Crippen molar-refractivity contribution in [2.75, 3.05) is 5.01 Å². The molecule has 156 valence electrons. The first-order valence-corrected chi connectivity index (χ1v) is 10.0. The molecule has 0 spiro atoms. The number of anilines is 1. The molecule has 0 unspecified atom stereocenters. The van der Waals surface area contributed by atoms with Gasteiger partial charge in [0.25, 0.3) is 5.91 Å². The molecule has 0 aliphatic carbocycles. The molecule has 0 radical (unpaired) electrons. The monoisotopic (exact) mass is 414 g/mol. The van der Waals surface area contributed by atoms with Crippen molar-refractivity contribution in [3.63, 3.8) is 0 Å². The maximum Gasteiger partial charge on any atom is 0.338 e. The topological polar surface area (TPSA) is 72.1 Å². The van der Waals surface area contributed by atoms with Crippen LogP contribution in [0.3, 0.4) is 0 Å². The molecule has 0 bridgehead atoms. The van der Waals surface area contributed by atoms with Gasteiger partial charge >= 0.3 is 5.97 Å². The summed E-state index contributed by atoms with van der Waals surface area (Å²) in [6.07, 6.45) is 1.50. The molecule has 2 aromatic carbocycles. The number of ether oxygens (including phenoxy) is 1. The first kappa shape index (κ1) is 20.3. The van der Waals surface area contributed by atoms with Gasteiger partial charge in [0.05, 0.1) is 28.6 Å². The summed E-state index contributed by atoms with van der Waals surface area (Å²) in [5.74, 6) is 0.646. The fraction of sp³-hybridized carbons (Fsp3) is 0.160. The fourth-order valence-electron chi connectivity index (χ4n) is 3.21. The van der Waals surface area contributed by atoms with E-state index >= 15 is 0 Å². The highest BCUT2D eigenvalue weighted by molar-refractivity contribution is 6.32. The van der Waals surface area contributed by atoms with Crippen LogP contribution >= 0.6 is 0 Å². The molecule has 3 aromatic rings. The minimum absolute atomic E-state index is 0.198. The predicted molar refractivity (Wildman–Crippen MR) is 120 cm³/mol. The number of carbonyl (C=O) groups excluding carboxylic acids is 2. The maximum atomic E-state index is 13.0. The zero-order valence-corrected chi connectivity index (χ0v) is 17.5. The van der Waals surface area contributed by atoms with Crippen molar-refractivity contribution in [3.8, 4) is 11.3 Å². The number of hydrogen-bond acceptors (Lipinski definition) is 5. The largest absolute Gasteiger partial charge is 0.459 e. The Morgan fingerprint density at radius 3 is 2.42 bits per heavy atom. The Labute approximate surface area is 180 Å². The van der Waals surface area contributed by atoms with Crippen LogP contribution in [0.15, 0.2) is 81.8 Å². The number of carbonyl (C=O) groups is 2. The van der Waals surface area contributed by atoms with E-state index in [0.717, 1.165) is 11.3 Å². The Morgan fingerprint density at radius 2 is 1.74 bits per heavy atom. The van der Waals surface area contributed by atoms with E-state index in [9.17, 15) is 9.59 Å². The van der Waals surface area contributed by atoms with Gasteiger partial charge in [-0.25, -0.2) is 4.79 Å². The molecule has 1 amide bonds. The van der Waals surface area contributed by atoms with Gasteiger partial charge in [0.2, 0.25) is 0 Å². The SMILES string of the molecule is CC1=NN(c2ccc(C(=O)OC(C)C)cc2)C(=O)/C1=C\c1ccc(-c2ccccc2)o1. The first-order valence-electron chi connectivity index (χ1n) is 10.0. The molecule has 4 rings (SSSR count). The van der Waals surface area contributed by atoms with Gasteiger partial charge in [0, 0.05) is 5.56 Å². The molecular weight excluding hydrogens is 392 g/mol. The average molecular weight is 414 g/mol. The third-order valence-electron chi connectivity index (χ3n) is 4.72. The number of esters is 1. The van der Waals surface area contributed by atoms with Crippen LogP contribution in [0.5, 0.6) is 0 Å². The summed E-state index contributed by atoms with van der Waals surface area (Å²) >= 11 is 0. The lowest BCUT2D eigenvalue weighted by Crippen LogP contribution is -2.21. The van der Waals surface area contributed by atoms with Gasteiger partial charge < -0.3 is 9.15 Å². The van der Waals surface area contributed by atoms with Crippen LogP contribution in [0, 0.1) is 0 Å². The Morgan fingerprint density at radius 1 is 1.03 bits per heavy atom. The van der Waals surface area contributed by atoms with Gasteiger partial charge in [-0.2, -0.15) is 10.1 Å². The minimum Gasteiger partial charge on any atom is -0.459 e. The number of hydrogen-bond donors (Lipinski definition) is 0. The lowest BCUT2D eigenvalue weighted by Gasteiger charge is -2.13. The molecule has 0 N–H and O–H groups in total. The Kier molecular flexibility index (Phi) is 5.54. The van der Waals surface area contributed by atoms with Crippen molar-refractivity contribution in [2.45, 2.75) is 26.9 Å². The predicted octanol–water partition coefficient (Wildman–Crippen LogP) is 5.32. The van der Waals surface area contributed by atoms with Crippen molar-refractivity contribution < 1.29 is 18.7 Å². The van der Waals surface area contributed by atoms with Gasteiger partial charge in [0.1, 0.15) is 11.5 Å². The van der Waals surface area contributed by atoms with Crippen LogP contribution < -0.4 is 5.01 Å². The third-order valence-corrected chi connectivity index (χ3v) is 4.72. The summed E-state index contributed by atoms with van der Waals surface area (Å²) in [5.41, 5.74) is 3.00. The van der Waals surface area contributed by atoms with Crippen LogP contribution in [0.2, 0.25) is 0 Å². The summed E-state index contributed by atoms with van der Waals surface area (Å²) in [6.45, 7) is 5.36. The fourth-order valence-corrected chi connectivity index (χ4v) is 3.21. The Bertz CT molecular complexity index is 1170. The standard InChI is InChI=1S/C25H22N2O4/c1-16(2)30-25(29)19-9-11-20(12-10-19)27-24(28)22(17(3)26-27)15-21-13-14-23(31-21)18-7-5-4-6-8-18/h4-16H,1-3H3/b22-15-. The summed E-state index contributed by atoms with van der Waals surface area (Å²) in [6, 6.07) is 20.1. The molecule has 1 aliphatic rings. The number of hydrazone groups is 1. The molecule has 0 saturated heterocycles. The number of benzene rings is 2. The smallest absolute Gasteiger partial charge is 0.338 e. The number of amides is 1. The molecule has 31 heavy (non-hydrogen) atoms. The second-order valence-corrected chi connectivity index (χ2v) is 7.43. The van der Waals surface area contributed by atoms with Crippen molar-refractivity contribution >= 4 is 29.4 Å². The van der Waals surface area contributed by atoms with Crippen LogP contribution in [0.25, 0.3) is 17.4 Å². The normalized spacial score (nSPS) is 15.0. The van der Waals surface area contributed by atoms with Crippen molar-refractivity contribution in [1.29, 1.82) is 0 Å². The zero-order chi connectivity index (χ0) is 22.0. The minimum atomic E-state index is -0.401. The highest BCUT2D eigenvalue weighted by atomic mass is 16.5. The lowest BCUT2D eigenvalue weighted by atomic mass is 10.1. The highest BCUT2D eigenvalue weighted by Crippen LogP contribution is 2.27. The zero-order valence-electron chi connectivity index (χ0n) is 17.5. The van der Waals surface area contributed by atoms with E-state index in [-0.39, 0.29) is 12.0 Å². The molecule has 0 fully saturated rings. The molecule has 0 saturated carbocycles. The van der Waals surface area contributed by atoms with E-state index in [4.69, 9.17) is 9.15 Å². The summed E-state index contributed by atoms with van der Waals surface area (Å²) < 4.78 is 11.1. The van der Waals surface area contributed by atoms with E-state index in [1.54, 1.807) is 51.1 Å². The van der Waals surface area contributed by atoms with E-state index in [2.05, 4.69) is 5.10 Å². The van der Waals surface area contributed by atoms with E-state index < -0.39 is 5.97 Å². The van der Waals surface area contributed by atoms with Gasteiger partial charge in [-0.1, -0.05) is 30.3 Å².